The second kappa shape index (κ2) is 7.09. The third kappa shape index (κ3) is 4.43. The van der Waals surface area contributed by atoms with Crippen LogP contribution in [0, 0.1) is 0 Å². The minimum absolute atomic E-state index is 0.137. The molecule has 0 spiro atoms. The van der Waals surface area contributed by atoms with Crippen molar-refractivity contribution in [1.29, 1.82) is 0 Å². The molecule has 0 bridgehead atoms. The fraction of sp³-hybridized carbons (Fsp3) is 0.250. The van der Waals surface area contributed by atoms with Crippen molar-refractivity contribution >= 4 is 11.7 Å². The molecule has 1 aromatic carbocycles. The normalized spacial score (nSPS) is 11.4. The van der Waals surface area contributed by atoms with Gasteiger partial charge in [-0.1, -0.05) is 29.4 Å². The number of alkyl halides is 3. The van der Waals surface area contributed by atoms with E-state index in [9.17, 15) is 18.0 Å². The van der Waals surface area contributed by atoms with Crippen molar-refractivity contribution in [3.63, 3.8) is 0 Å². The molecule has 0 saturated carbocycles. The summed E-state index contributed by atoms with van der Waals surface area (Å²) in [6.07, 6.45) is -1.48. The Kier molecular flexibility index (Phi) is 4.84. The van der Waals surface area contributed by atoms with Gasteiger partial charge in [0.2, 0.25) is 5.82 Å². The number of hydrogen-bond acceptors (Lipinski definition) is 5. The van der Waals surface area contributed by atoms with Gasteiger partial charge in [-0.05, 0) is 5.56 Å². The molecule has 3 rings (SSSR count). The van der Waals surface area contributed by atoms with Crippen LogP contribution in [0.25, 0.3) is 11.4 Å². The lowest BCUT2D eigenvalue weighted by Gasteiger charge is -2.09. The van der Waals surface area contributed by atoms with E-state index in [1.165, 1.54) is 11.1 Å². The van der Waals surface area contributed by atoms with E-state index in [-0.39, 0.29) is 11.9 Å². The molecule has 142 valence electrons. The monoisotopic (exact) mass is 380 g/mol. The number of carbonyl (C=O) groups excluding carboxylic acids is 1. The number of halogens is 3. The third-order valence-corrected chi connectivity index (χ3v) is 3.52. The van der Waals surface area contributed by atoms with E-state index in [4.69, 9.17) is 0 Å². The van der Waals surface area contributed by atoms with Crippen molar-refractivity contribution in [3.8, 4) is 11.4 Å². The van der Waals surface area contributed by atoms with Crippen LogP contribution < -0.4 is 5.32 Å². The zero-order valence-electron chi connectivity index (χ0n) is 14.4. The number of urea groups is 1. The van der Waals surface area contributed by atoms with Crippen molar-refractivity contribution in [1.82, 2.24) is 24.8 Å². The molecule has 0 unspecified atom stereocenters. The summed E-state index contributed by atoms with van der Waals surface area (Å²) >= 11 is 0. The molecule has 2 aromatic heterocycles. The molecule has 27 heavy (non-hydrogen) atoms. The van der Waals surface area contributed by atoms with Crippen LogP contribution in [0.1, 0.15) is 11.5 Å². The van der Waals surface area contributed by atoms with E-state index in [2.05, 4.69) is 25.1 Å². The van der Waals surface area contributed by atoms with Gasteiger partial charge in [-0.2, -0.15) is 23.3 Å². The summed E-state index contributed by atoms with van der Waals surface area (Å²) in [6.45, 7) is 0.415. The predicted molar refractivity (Wildman–Crippen MR) is 88.8 cm³/mol. The van der Waals surface area contributed by atoms with Crippen molar-refractivity contribution in [2.24, 2.45) is 0 Å². The van der Waals surface area contributed by atoms with Gasteiger partial charge < -0.3 is 14.7 Å². The highest BCUT2D eigenvalue weighted by Gasteiger charge is 2.38. The van der Waals surface area contributed by atoms with E-state index >= 15 is 0 Å². The molecule has 0 aliphatic carbocycles. The molecule has 0 radical (unpaired) electrons. The van der Waals surface area contributed by atoms with E-state index in [1.807, 2.05) is 0 Å². The number of nitrogens with one attached hydrogen (secondary N) is 1. The zero-order chi connectivity index (χ0) is 19.6. The molecule has 8 nitrogen and oxygen atoms in total. The molecule has 0 aliphatic heterocycles. The first-order valence-corrected chi connectivity index (χ1v) is 7.73. The number of anilines is 1. The summed E-state index contributed by atoms with van der Waals surface area (Å²) < 4.78 is 43.4. The number of hydrogen-bond donors (Lipinski definition) is 1. The van der Waals surface area contributed by atoms with Gasteiger partial charge in [-0.25, -0.2) is 4.79 Å². The van der Waals surface area contributed by atoms with Gasteiger partial charge in [0.1, 0.15) is 0 Å². The molecule has 0 atom stereocenters. The first kappa shape index (κ1) is 18.4. The van der Waals surface area contributed by atoms with Gasteiger partial charge >= 0.3 is 18.1 Å². The Balaban J connectivity index is 1.67. The summed E-state index contributed by atoms with van der Waals surface area (Å²) in [5.74, 6) is -1.52. The standard InChI is InChI=1S/C16H15F3N6O2/c1-24(2)15(26)21-12-7-20-25(9-12)8-10-3-5-11(6-4-10)13-22-14(27-23-13)16(17,18)19/h3-7,9H,8H2,1-2H3,(H,21,26). The Morgan fingerprint density at radius 2 is 1.96 bits per heavy atom. The number of benzene rings is 1. The average Bonchev–Trinajstić information content (AvgIpc) is 3.25. The first-order chi connectivity index (χ1) is 12.7. The molecule has 0 saturated heterocycles. The molecular weight excluding hydrogens is 365 g/mol. The van der Waals surface area contributed by atoms with Crippen LogP contribution in [-0.2, 0) is 12.7 Å². The average molecular weight is 380 g/mol. The summed E-state index contributed by atoms with van der Waals surface area (Å²) in [5, 5.41) is 10.2. The Hall–Kier alpha value is -3.37. The van der Waals surface area contributed by atoms with Crippen molar-refractivity contribution < 1.29 is 22.5 Å². The number of amides is 2. The van der Waals surface area contributed by atoms with Crippen LogP contribution in [0.2, 0.25) is 0 Å². The fourth-order valence-corrected chi connectivity index (χ4v) is 2.15. The topological polar surface area (TPSA) is 89.1 Å². The molecule has 2 heterocycles. The lowest BCUT2D eigenvalue weighted by atomic mass is 10.1. The second-order valence-electron chi connectivity index (χ2n) is 5.87. The van der Waals surface area contributed by atoms with Crippen LogP contribution in [0.4, 0.5) is 23.7 Å². The van der Waals surface area contributed by atoms with Crippen LogP contribution in [0.3, 0.4) is 0 Å². The first-order valence-electron chi connectivity index (χ1n) is 7.73. The molecular formula is C16H15F3N6O2. The molecule has 3 aromatic rings. The van der Waals surface area contributed by atoms with E-state index in [0.29, 0.717) is 17.8 Å². The Morgan fingerprint density at radius 1 is 1.26 bits per heavy atom. The third-order valence-electron chi connectivity index (χ3n) is 3.52. The van der Waals surface area contributed by atoms with Gasteiger partial charge in [0.25, 0.3) is 0 Å². The fourth-order valence-electron chi connectivity index (χ4n) is 2.15. The molecule has 0 fully saturated rings. The van der Waals surface area contributed by atoms with E-state index < -0.39 is 12.1 Å². The van der Waals surface area contributed by atoms with Gasteiger partial charge in [0, 0.05) is 25.9 Å². The minimum Gasteiger partial charge on any atom is -0.331 e. The van der Waals surface area contributed by atoms with Gasteiger partial charge in [0.15, 0.2) is 0 Å². The molecule has 2 amide bonds. The maximum absolute atomic E-state index is 12.5. The zero-order valence-corrected chi connectivity index (χ0v) is 14.4. The summed E-state index contributed by atoms with van der Waals surface area (Å²) in [4.78, 5) is 16.4. The number of carbonyl (C=O) groups is 1. The quantitative estimate of drug-likeness (QED) is 0.751. The Labute approximate surface area is 151 Å². The lowest BCUT2D eigenvalue weighted by Crippen LogP contribution is -2.27. The number of aromatic nitrogens is 4. The Morgan fingerprint density at radius 3 is 2.56 bits per heavy atom. The van der Waals surface area contributed by atoms with Crippen molar-refractivity contribution in [2.45, 2.75) is 12.7 Å². The van der Waals surface area contributed by atoms with E-state index in [1.54, 1.807) is 49.2 Å². The Bertz CT molecular complexity index is 930. The molecule has 0 aliphatic rings. The van der Waals surface area contributed by atoms with Gasteiger partial charge in [-0.15, -0.1) is 0 Å². The largest absolute Gasteiger partial charge is 0.471 e. The predicted octanol–water partition coefficient (Wildman–Crippen LogP) is 3.09. The van der Waals surface area contributed by atoms with Crippen LogP contribution in [0.15, 0.2) is 41.2 Å². The molecule has 11 heteroatoms. The van der Waals surface area contributed by atoms with Gasteiger partial charge in [0.05, 0.1) is 18.4 Å². The highest BCUT2D eigenvalue weighted by atomic mass is 19.4. The van der Waals surface area contributed by atoms with Crippen molar-refractivity contribution in [3.05, 3.63) is 48.1 Å². The smallest absolute Gasteiger partial charge is 0.331 e. The number of rotatable bonds is 4. The summed E-state index contributed by atoms with van der Waals surface area (Å²) in [7, 11) is 3.26. The van der Waals surface area contributed by atoms with Crippen LogP contribution in [-0.4, -0.2) is 44.9 Å². The van der Waals surface area contributed by atoms with Crippen molar-refractivity contribution in [2.75, 3.05) is 19.4 Å². The molecule has 1 N–H and O–H groups in total. The van der Waals surface area contributed by atoms with E-state index in [0.717, 1.165) is 5.56 Å². The van der Waals surface area contributed by atoms with Crippen LogP contribution in [0.5, 0.6) is 0 Å². The second-order valence-corrected chi connectivity index (χ2v) is 5.87. The SMILES string of the molecule is CN(C)C(=O)Nc1cnn(Cc2ccc(-c3noc(C(F)(F)F)n3)cc2)c1. The maximum atomic E-state index is 12.5. The highest BCUT2D eigenvalue weighted by Crippen LogP contribution is 2.29. The maximum Gasteiger partial charge on any atom is 0.471 e. The van der Waals surface area contributed by atoms with Crippen LogP contribution >= 0.6 is 0 Å². The van der Waals surface area contributed by atoms with Gasteiger partial charge in [-0.3, -0.25) is 4.68 Å². The highest BCUT2D eigenvalue weighted by molar-refractivity contribution is 5.88. The summed E-state index contributed by atoms with van der Waals surface area (Å²) in [6, 6.07) is 6.37. The lowest BCUT2D eigenvalue weighted by molar-refractivity contribution is -0.159. The minimum atomic E-state index is -4.68. The number of nitrogens with zero attached hydrogens (tertiary/aromatic N) is 5. The summed E-state index contributed by atoms with van der Waals surface area (Å²) in [5.41, 5.74) is 1.81.